The first-order valence-corrected chi connectivity index (χ1v) is 7.80. The molecule has 3 nitrogen and oxygen atoms in total. The van der Waals surface area contributed by atoms with Crippen molar-refractivity contribution in [3.8, 4) is 0 Å². The molecule has 0 saturated carbocycles. The van der Waals surface area contributed by atoms with Gasteiger partial charge in [0.25, 0.3) is 5.91 Å². The van der Waals surface area contributed by atoms with Crippen LogP contribution in [0.2, 0.25) is 0 Å². The highest BCUT2D eigenvalue weighted by atomic mass is 32.2. The molecule has 0 aliphatic heterocycles. The number of hydrogen-bond donors (Lipinski definition) is 1. The van der Waals surface area contributed by atoms with Crippen molar-refractivity contribution in [1.29, 1.82) is 0 Å². The maximum Gasteiger partial charge on any atom is 0.254 e. The molecule has 0 fully saturated rings. The molecule has 1 N–H and O–H groups in total. The Kier molecular flexibility index (Phi) is 6.38. The van der Waals surface area contributed by atoms with Crippen molar-refractivity contribution in [2.75, 3.05) is 19.4 Å². The molecule has 0 spiro atoms. The average Bonchev–Trinajstić information content (AvgIpc) is 2.39. The molecule has 0 saturated heterocycles. The zero-order chi connectivity index (χ0) is 14.4. The largest absolute Gasteiger partial charge is 0.396 e. The summed E-state index contributed by atoms with van der Waals surface area (Å²) < 4.78 is 0. The van der Waals surface area contributed by atoms with Crippen molar-refractivity contribution in [2.24, 2.45) is 0 Å². The van der Waals surface area contributed by atoms with E-state index in [4.69, 9.17) is 5.11 Å². The Labute approximate surface area is 120 Å². The predicted octanol–water partition coefficient (Wildman–Crippen LogP) is 2.95. The van der Waals surface area contributed by atoms with E-state index in [1.807, 2.05) is 50.1 Å². The van der Waals surface area contributed by atoms with E-state index >= 15 is 0 Å². The SMILES string of the molecule is CSc1ccc(C)c(C(=O)N(CCCO)C(C)C)c1. The fraction of sp³-hybridized carbons (Fsp3) is 0.533. The predicted molar refractivity (Wildman–Crippen MR) is 80.8 cm³/mol. The number of benzene rings is 1. The molecule has 4 heteroatoms. The average molecular weight is 281 g/mol. The molecule has 106 valence electrons. The fourth-order valence-electron chi connectivity index (χ4n) is 1.95. The van der Waals surface area contributed by atoms with Crippen LogP contribution in [0.5, 0.6) is 0 Å². The summed E-state index contributed by atoms with van der Waals surface area (Å²) in [4.78, 5) is 15.5. The van der Waals surface area contributed by atoms with E-state index in [-0.39, 0.29) is 18.6 Å². The molecule has 0 atom stereocenters. The second kappa shape index (κ2) is 7.56. The highest BCUT2D eigenvalue weighted by Crippen LogP contribution is 2.21. The molecule has 0 unspecified atom stereocenters. The summed E-state index contributed by atoms with van der Waals surface area (Å²) in [7, 11) is 0. The Hall–Kier alpha value is -1.00. The second-order valence-electron chi connectivity index (χ2n) is 4.85. The summed E-state index contributed by atoms with van der Waals surface area (Å²) in [5.41, 5.74) is 1.76. The third-order valence-corrected chi connectivity index (χ3v) is 3.84. The van der Waals surface area contributed by atoms with E-state index in [0.717, 1.165) is 16.0 Å². The van der Waals surface area contributed by atoms with Gasteiger partial charge in [0.15, 0.2) is 0 Å². The van der Waals surface area contributed by atoms with Crippen molar-refractivity contribution in [3.05, 3.63) is 29.3 Å². The van der Waals surface area contributed by atoms with Gasteiger partial charge in [-0.05, 0) is 51.1 Å². The van der Waals surface area contributed by atoms with Gasteiger partial charge in [0.1, 0.15) is 0 Å². The molecule has 1 aromatic carbocycles. The van der Waals surface area contributed by atoms with Gasteiger partial charge in [-0.2, -0.15) is 0 Å². The van der Waals surface area contributed by atoms with Gasteiger partial charge in [-0.1, -0.05) is 6.07 Å². The summed E-state index contributed by atoms with van der Waals surface area (Å²) in [5.74, 6) is 0.0526. The smallest absolute Gasteiger partial charge is 0.254 e. The Morgan fingerprint density at radius 1 is 1.42 bits per heavy atom. The van der Waals surface area contributed by atoms with Crippen LogP contribution >= 0.6 is 11.8 Å². The molecule has 1 aromatic rings. The third kappa shape index (κ3) is 4.25. The quantitative estimate of drug-likeness (QED) is 0.815. The number of carbonyl (C=O) groups is 1. The van der Waals surface area contributed by atoms with Crippen LogP contribution < -0.4 is 0 Å². The van der Waals surface area contributed by atoms with Crippen LogP contribution in [0.15, 0.2) is 23.1 Å². The Morgan fingerprint density at radius 3 is 2.63 bits per heavy atom. The van der Waals surface area contributed by atoms with Crippen LogP contribution in [-0.4, -0.2) is 41.4 Å². The van der Waals surface area contributed by atoms with E-state index in [2.05, 4.69) is 0 Å². The summed E-state index contributed by atoms with van der Waals surface area (Å²) in [6.07, 6.45) is 2.62. The number of rotatable bonds is 6. The van der Waals surface area contributed by atoms with Crippen LogP contribution in [0.1, 0.15) is 36.2 Å². The first-order chi connectivity index (χ1) is 9.01. The van der Waals surface area contributed by atoms with E-state index in [9.17, 15) is 4.79 Å². The Bertz CT molecular complexity index is 432. The Balaban J connectivity index is 3.01. The zero-order valence-electron chi connectivity index (χ0n) is 12.1. The lowest BCUT2D eigenvalue weighted by molar-refractivity contribution is 0.0692. The summed E-state index contributed by atoms with van der Waals surface area (Å²) in [6.45, 7) is 6.67. The molecule has 0 heterocycles. The van der Waals surface area contributed by atoms with Crippen molar-refractivity contribution in [1.82, 2.24) is 4.90 Å². The molecule has 0 aromatic heterocycles. The number of nitrogens with zero attached hydrogens (tertiary/aromatic N) is 1. The number of amides is 1. The normalized spacial score (nSPS) is 10.8. The maximum absolute atomic E-state index is 12.6. The van der Waals surface area contributed by atoms with Gasteiger partial charge in [-0.15, -0.1) is 11.8 Å². The van der Waals surface area contributed by atoms with Crippen LogP contribution in [0.4, 0.5) is 0 Å². The number of thioether (sulfide) groups is 1. The highest BCUT2D eigenvalue weighted by molar-refractivity contribution is 7.98. The number of carbonyl (C=O) groups excluding carboxylic acids is 1. The van der Waals surface area contributed by atoms with Gasteiger partial charge < -0.3 is 10.0 Å². The first-order valence-electron chi connectivity index (χ1n) is 6.57. The number of aliphatic hydroxyl groups excluding tert-OH is 1. The fourth-order valence-corrected chi connectivity index (χ4v) is 2.39. The second-order valence-corrected chi connectivity index (χ2v) is 5.73. The Morgan fingerprint density at radius 2 is 2.11 bits per heavy atom. The number of aliphatic hydroxyl groups is 1. The first kappa shape index (κ1) is 16.1. The van der Waals surface area contributed by atoms with E-state index in [0.29, 0.717) is 13.0 Å². The van der Waals surface area contributed by atoms with E-state index < -0.39 is 0 Å². The van der Waals surface area contributed by atoms with Crippen LogP contribution in [0.3, 0.4) is 0 Å². The maximum atomic E-state index is 12.6. The van der Waals surface area contributed by atoms with Crippen molar-refractivity contribution in [2.45, 2.75) is 38.1 Å². The zero-order valence-corrected chi connectivity index (χ0v) is 13.0. The summed E-state index contributed by atoms with van der Waals surface area (Å²) in [6, 6.07) is 6.11. The van der Waals surface area contributed by atoms with Gasteiger partial charge in [0.05, 0.1) is 0 Å². The topological polar surface area (TPSA) is 40.5 Å². The lowest BCUT2D eigenvalue weighted by Gasteiger charge is -2.27. The monoisotopic (exact) mass is 281 g/mol. The minimum atomic E-state index is 0.0526. The molecular formula is C15H23NO2S. The molecule has 0 aliphatic carbocycles. The summed E-state index contributed by atoms with van der Waals surface area (Å²) in [5, 5.41) is 8.94. The van der Waals surface area contributed by atoms with Gasteiger partial charge in [-0.3, -0.25) is 4.79 Å². The van der Waals surface area contributed by atoms with Crippen LogP contribution in [0.25, 0.3) is 0 Å². The van der Waals surface area contributed by atoms with Gasteiger partial charge in [0, 0.05) is 29.7 Å². The standard InChI is InChI=1S/C15H23NO2S/c1-11(2)16(8-5-9-17)15(18)14-10-13(19-4)7-6-12(14)3/h6-7,10-11,17H,5,8-9H2,1-4H3. The van der Waals surface area contributed by atoms with E-state index in [1.54, 1.807) is 11.8 Å². The molecule has 1 amide bonds. The van der Waals surface area contributed by atoms with Gasteiger partial charge >= 0.3 is 0 Å². The minimum Gasteiger partial charge on any atom is -0.396 e. The summed E-state index contributed by atoms with van der Waals surface area (Å²) >= 11 is 1.64. The molecule has 0 radical (unpaired) electrons. The lowest BCUT2D eigenvalue weighted by Crippen LogP contribution is -2.38. The minimum absolute atomic E-state index is 0.0526. The third-order valence-electron chi connectivity index (χ3n) is 3.12. The van der Waals surface area contributed by atoms with Crippen LogP contribution in [0, 0.1) is 6.92 Å². The number of hydrogen-bond acceptors (Lipinski definition) is 3. The van der Waals surface area contributed by atoms with E-state index in [1.165, 1.54) is 0 Å². The lowest BCUT2D eigenvalue weighted by atomic mass is 10.1. The van der Waals surface area contributed by atoms with Crippen LogP contribution in [-0.2, 0) is 0 Å². The number of aryl methyl sites for hydroxylation is 1. The molecule has 0 aliphatic rings. The van der Waals surface area contributed by atoms with Crippen molar-refractivity contribution in [3.63, 3.8) is 0 Å². The molecule has 0 bridgehead atoms. The van der Waals surface area contributed by atoms with Crippen molar-refractivity contribution >= 4 is 17.7 Å². The van der Waals surface area contributed by atoms with Crippen molar-refractivity contribution < 1.29 is 9.90 Å². The highest BCUT2D eigenvalue weighted by Gasteiger charge is 2.20. The molecular weight excluding hydrogens is 258 g/mol. The molecule has 1 rings (SSSR count). The van der Waals surface area contributed by atoms with Gasteiger partial charge in [0.2, 0.25) is 0 Å². The molecule has 19 heavy (non-hydrogen) atoms. The van der Waals surface area contributed by atoms with Gasteiger partial charge in [-0.25, -0.2) is 0 Å².